The van der Waals surface area contributed by atoms with Crippen molar-refractivity contribution < 1.29 is 9.47 Å². The van der Waals surface area contributed by atoms with Crippen LogP contribution in [-0.4, -0.2) is 23.3 Å². The first-order valence-corrected chi connectivity index (χ1v) is 7.94. The molecule has 0 fully saturated rings. The predicted octanol–water partition coefficient (Wildman–Crippen LogP) is 3.66. The lowest BCUT2D eigenvalue weighted by molar-refractivity contribution is 0.353. The van der Waals surface area contributed by atoms with E-state index in [0.29, 0.717) is 40.5 Å². The minimum absolute atomic E-state index is 0.142. The molecule has 0 N–H and O–H groups in total. The van der Waals surface area contributed by atoms with Crippen LogP contribution in [0.4, 0.5) is 0 Å². The molecular formula is C20H20N2O3. The third kappa shape index (κ3) is 3.40. The van der Waals surface area contributed by atoms with Gasteiger partial charge in [-0.2, -0.15) is 0 Å². The minimum Gasteiger partial charge on any atom is -0.497 e. The summed E-state index contributed by atoms with van der Waals surface area (Å²) in [5, 5.41) is 0.507. The number of aromatic nitrogens is 2. The predicted molar refractivity (Wildman–Crippen MR) is 98.9 cm³/mol. The van der Waals surface area contributed by atoms with Gasteiger partial charge in [0.05, 0.1) is 23.7 Å². The van der Waals surface area contributed by atoms with E-state index >= 15 is 0 Å². The molecule has 128 valence electrons. The van der Waals surface area contributed by atoms with Gasteiger partial charge in [-0.15, -0.1) is 0 Å². The average molecular weight is 336 g/mol. The van der Waals surface area contributed by atoms with Crippen molar-refractivity contribution in [2.75, 3.05) is 13.7 Å². The third-order valence-corrected chi connectivity index (χ3v) is 3.80. The minimum atomic E-state index is -0.142. The number of hydrogen-bond acceptors (Lipinski definition) is 4. The highest BCUT2D eigenvalue weighted by Gasteiger charge is 2.11. The van der Waals surface area contributed by atoms with Crippen LogP contribution in [-0.2, 0) is 0 Å². The van der Waals surface area contributed by atoms with Crippen LogP contribution in [0.2, 0.25) is 0 Å². The van der Waals surface area contributed by atoms with Crippen molar-refractivity contribution in [2.45, 2.75) is 13.8 Å². The largest absolute Gasteiger partial charge is 0.497 e. The summed E-state index contributed by atoms with van der Waals surface area (Å²) in [5.41, 5.74) is 2.13. The average Bonchev–Trinajstić information content (AvgIpc) is 2.60. The Morgan fingerprint density at radius 3 is 2.72 bits per heavy atom. The molecule has 5 heteroatoms. The Labute approximate surface area is 146 Å². The summed E-state index contributed by atoms with van der Waals surface area (Å²) < 4.78 is 12.5. The molecule has 0 saturated heterocycles. The Morgan fingerprint density at radius 1 is 1.20 bits per heavy atom. The maximum Gasteiger partial charge on any atom is 0.266 e. The molecule has 0 amide bonds. The highest BCUT2D eigenvalue weighted by atomic mass is 16.5. The van der Waals surface area contributed by atoms with Gasteiger partial charge in [-0.3, -0.25) is 9.36 Å². The monoisotopic (exact) mass is 336 g/mol. The Hall–Kier alpha value is -3.08. The lowest BCUT2D eigenvalue weighted by Gasteiger charge is -2.13. The number of aryl methyl sites for hydroxylation is 1. The Kier molecular flexibility index (Phi) is 4.57. The fraction of sp³-hybridized carbons (Fsp3) is 0.200. The van der Waals surface area contributed by atoms with Gasteiger partial charge in [-0.1, -0.05) is 12.6 Å². The van der Waals surface area contributed by atoms with Crippen LogP contribution < -0.4 is 15.0 Å². The number of methoxy groups -OCH3 is 1. The van der Waals surface area contributed by atoms with Crippen molar-refractivity contribution in [1.82, 2.24) is 9.55 Å². The van der Waals surface area contributed by atoms with Crippen LogP contribution in [0.5, 0.6) is 11.5 Å². The van der Waals surface area contributed by atoms with Gasteiger partial charge < -0.3 is 9.47 Å². The first-order valence-electron chi connectivity index (χ1n) is 7.94. The zero-order valence-electron chi connectivity index (χ0n) is 14.6. The van der Waals surface area contributed by atoms with Crippen molar-refractivity contribution in [2.24, 2.45) is 0 Å². The number of nitrogens with zero attached hydrogens (tertiary/aromatic N) is 2. The van der Waals surface area contributed by atoms with Gasteiger partial charge in [-0.05, 0) is 49.8 Å². The molecule has 3 rings (SSSR count). The van der Waals surface area contributed by atoms with Crippen LogP contribution in [0.25, 0.3) is 16.6 Å². The van der Waals surface area contributed by atoms with E-state index in [-0.39, 0.29) is 5.56 Å². The molecule has 3 aromatic rings. The van der Waals surface area contributed by atoms with E-state index in [2.05, 4.69) is 11.6 Å². The zero-order chi connectivity index (χ0) is 18.0. The molecule has 1 heterocycles. The fourth-order valence-electron chi connectivity index (χ4n) is 2.63. The van der Waals surface area contributed by atoms with Crippen molar-refractivity contribution in [3.8, 4) is 17.2 Å². The van der Waals surface area contributed by atoms with E-state index in [4.69, 9.17) is 9.47 Å². The first kappa shape index (κ1) is 16.8. The summed E-state index contributed by atoms with van der Waals surface area (Å²) in [7, 11) is 1.60. The van der Waals surface area contributed by atoms with Crippen molar-refractivity contribution >= 4 is 10.9 Å². The molecule has 2 aromatic carbocycles. The molecule has 0 aliphatic rings. The van der Waals surface area contributed by atoms with E-state index in [1.165, 1.54) is 0 Å². The number of fused-ring (bicyclic) bond motifs is 1. The Morgan fingerprint density at radius 2 is 2.00 bits per heavy atom. The van der Waals surface area contributed by atoms with Crippen LogP contribution in [0.1, 0.15) is 12.7 Å². The van der Waals surface area contributed by atoms with E-state index in [9.17, 15) is 4.79 Å². The lowest BCUT2D eigenvalue weighted by atomic mass is 10.2. The summed E-state index contributed by atoms with van der Waals surface area (Å²) in [6, 6.07) is 12.7. The van der Waals surface area contributed by atoms with Crippen LogP contribution in [0.3, 0.4) is 0 Å². The normalized spacial score (nSPS) is 10.7. The molecule has 0 bridgehead atoms. The van der Waals surface area contributed by atoms with Crippen LogP contribution in [0, 0.1) is 6.92 Å². The van der Waals surface area contributed by atoms with Crippen molar-refractivity contribution in [3.05, 3.63) is 70.8 Å². The summed E-state index contributed by atoms with van der Waals surface area (Å²) in [5.74, 6) is 1.92. The molecule has 0 saturated carbocycles. The Balaban J connectivity index is 2.15. The standard InChI is InChI=1S/C20H20N2O3/c1-13(2)12-25-17-8-9-19-18(11-17)20(23)22(14(3)21-19)15-6-5-7-16(10-15)24-4/h5-11H,1,12H2,2-4H3. The summed E-state index contributed by atoms with van der Waals surface area (Å²) >= 11 is 0. The molecule has 0 atom stereocenters. The van der Waals surface area contributed by atoms with Crippen LogP contribution >= 0.6 is 0 Å². The lowest BCUT2D eigenvalue weighted by Crippen LogP contribution is -2.22. The van der Waals surface area contributed by atoms with Gasteiger partial charge >= 0.3 is 0 Å². The molecular weight excluding hydrogens is 316 g/mol. The molecule has 0 spiro atoms. The van der Waals surface area contributed by atoms with Crippen molar-refractivity contribution in [3.63, 3.8) is 0 Å². The number of ether oxygens (including phenoxy) is 2. The first-order chi connectivity index (χ1) is 12.0. The van der Waals surface area contributed by atoms with Crippen LogP contribution in [0.15, 0.2) is 59.4 Å². The van der Waals surface area contributed by atoms with E-state index in [1.807, 2.05) is 44.2 Å². The summed E-state index contributed by atoms with van der Waals surface area (Å²) in [4.78, 5) is 17.6. The quantitative estimate of drug-likeness (QED) is 0.667. The van der Waals surface area contributed by atoms with Crippen molar-refractivity contribution in [1.29, 1.82) is 0 Å². The fourth-order valence-corrected chi connectivity index (χ4v) is 2.63. The van der Waals surface area contributed by atoms with E-state index in [0.717, 1.165) is 5.57 Å². The zero-order valence-corrected chi connectivity index (χ0v) is 14.6. The number of benzene rings is 2. The molecule has 0 aliphatic heterocycles. The second-order valence-electron chi connectivity index (χ2n) is 5.93. The van der Waals surface area contributed by atoms with E-state index in [1.54, 1.807) is 23.8 Å². The van der Waals surface area contributed by atoms with Gasteiger partial charge in [0.1, 0.15) is 23.9 Å². The number of rotatable bonds is 5. The second-order valence-corrected chi connectivity index (χ2v) is 5.93. The number of hydrogen-bond donors (Lipinski definition) is 0. The molecule has 1 aromatic heterocycles. The topological polar surface area (TPSA) is 53.4 Å². The molecule has 0 radical (unpaired) electrons. The molecule has 0 unspecified atom stereocenters. The maximum absolute atomic E-state index is 13.0. The second kappa shape index (κ2) is 6.81. The summed E-state index contributed by atoms with van der Waals surface area (Å²) in [6.07, 6.45) is 0. The summed E-state index contributed by atoms with van der Waals surface area (Å²) in [6.45, 7) is 7.93. The maximum atomic E-state index is 13.0. The molecule has 5 nitrogen and oxygen atoms in total. The Bertz CT molecular complexity index is 1010. The molecule has 0 aliphatic carbocycles. The van der Waals surface area contributed by atoms with Gasteiger partial charge in [-0.25, -0.2) is 4.98 Å². The third-order valence-electron chi connectivity index (χ3n) is 3.80. The smallest absolute Gasteiger partial charge is 0.266 e. The SMILES string of the molecule is C=C(C)COc1ccc2nc(C)n(-c3cccc(OC)c3)c(=O)c2c1. The van der Waals surface area contributed by atoms with Gasteiger partial charge in [0.25, 0.3) is 5.56 Å². The van der Waals surface area contributed by atoms with Gasteiger partial charge in [0.15, 0.2) is 0 Å². The van der Waals surface area contributed by atoms with Gasteiger partial charge in [0, 0.05) is 6.07 Å². The van der Waals surface area contributed by atoms with E-state index < -0.39 is 0 Å². The molecule has 25 heavy (non-hydrogen) atoms. The van der Waals surface area contributed by atoms with Gasteiger partial charge in [0.2, 0.25) is 0 Å². The highest BCUT2D eigenvalue weighted by molar-refractivity contribution is 5.79. The highest BCUT2D eigenvalue weighted by Crippen LogP contribution is 2.20.